The van der Waals surface area contributed by atoms with Crippen molar-refractivity contribution < 1.29 is 9.53 Å². The molecule has 1 fully saturated rings. The van der Waals surface area contributed by atoms with Crippen LogP contribution in [0, 0.1) is 0 Å². The van der Waals surface area contributed by atoms with Crippen LogP contribution in [0.3, 0.4) is 0 Å². The Kier molecular flexibility index (Phi) is 4.98. The number of ether oxygens (including phenoxy) is 1. The number of rotatable bonds is 5. The Bertz CT molecular complexity index is 700. The monoisotopic (exact) mass is 329 g/mol. The van der Waals surface area contributed by atoms with Crippen LogP contribution in [0.1, 0.15) is 30.4 Å². The summed E-state index contributed by atoms with van der Waals surface area (Å²) >= 11 is 0. The van der Waals surface area contributed by atoms with Gasteiger partial charge in [0.2, 0.25) is 5.88 Å². The largest absolute Gasteiger partial charge is 0.478 e. The van der Waals surface area contributed by atoms with E-state index in [4.69, 9.17) is 4.74 Å². The predicted molar refractivity (Wildman–Crippen MR) is 89.8 cm³/mol. The highest BCUT2D eigenvalue weighted by molar-refractivity contribution is 5.74. The molecule has 128 valence electrons. The number of hydrogen-bond acceptors (Lipinski definition) is 4. The number of pyridine rings is 1. The first-order valence-electron chi connectivity index (χ1n) is 8.25. The summed E-state index contributed by atoms with van der Waals surface area (Å²) in [5, 5.41) is 7.17. The van der Waals surface area contributed by atoms with Crippen molar-refractivity contribution in [3.63, 3.8) is 0 Å². The van der Waals surface area contributed by atoms with Crippen molar-refractivity contribution in [2.24, 2.45) is 7.05 Å². The molecule has 0 bridgehead atoms. The molecule has 3 rings (SSSR count). The Morgan fingerprint density at radius 2 is 2.38 bits per heavy atom. The molecule has 7 heteroatoms. The lowest BCUT2D eigenvalue weighted by Gasteiger charge is -2.17. The molecule has 1 atom stereocenters. The van der Waals surface area contributed by atoms with E-state index in [1.165, 1.54) is 5.56 Å². The molecule has 0 saturated carbocycles. The molecule has 2 aromatic heterocycles. The van der Waals surface area contributed by atoms with Gasteiger partial charge in [0.05, 0.1) is 12.8 Å². The first kappa shape index (κ1) is 16.3. The van der Waals surface area contributed by atoms with Crippen molar-refractivity contribution >= 4 is 6.03 Å². The summed E-state index contributed by atoms with van der Waals surface area (Å²) in [4.78, 5) is 18.5. The SMILES string of the molecule is CCOc1ncccc1CNC(=O)N1CCC(c2cnn(C)c2)C1. The fourth-order valence-corrected chi connectivity index (χ4v) is 2.98. The second kappa shape index (κ2) is 7.33. The molecule has 24 heavy (non-hydrogen) atoms. The van der Waals surface area contributed by atoms with Crippen molar-refractivity contribution in [3.8, 4) is 5.88 Å². The summed E-state index contributed by atoms with van der Waals surface area (Å²) in [5.41, 5.74) is 2.08. The van der Waals surface area contributed by atoms with Crippen LogP contribution in [0.5, 0.6) is 5.88 Å². The first-order valence-corrected chi connectivity index (χ1v) is 8.25. The van der Waals surface area contributed by atoms with Gasteiger partial charge in [-0.25, -0.2) is 9.78 Å². The first-order chi connectivity index (χ1) is 11.7. The van der Waals surface area contributed by atoms with Crippen LogP contribution >= 0.6 is 0 Å². The van der Waals surface area contributed by atoms with Gasteiger partial charge in [-0.2, -0.15) is 5.10 Å². The second-order valence-electron chi connectivity index (χ2n) is 5.94. The zero-order chi connectivity index (χ0) is 16.9. The average Bonchev–Trinajstić information content (AvgIpc) is 3.23. The van der Waals surface area contributed by atoms with E-state index in [-0.39, 0.29) is 6.03 Å². The van der Waals surface area contributed by atoms with Crippen molar-refractivity contribution in [2.75, 3.05) is 19.7 Å². The van der Waals surface area contributed by atoms with E-state index in [0.717, 1.165) is 25.1 Å². The van der Waals surface area contributed by atoms with Crippen LogP contribution < -0.4 is 10.1 Å². The van der Waals surface area contributed by atoms with Gasteiger partial charge in [0.25, 0.3) is 0 Å². The van der Waals surface area contributed by atoms with Crippen LogP contribution in [0.25, 0.3) is 0 Å². The normalized spacial score (nSPS) is 17.1. The Morgan fingerprint density at radius 1 is 1.50 bits per heavy atom. The number of urea groups is 1. The molecule has 1 unspecified atom stereocenters. The number of aromatic nitrogens is 3. The summed E-state index contributed by atoms with van der Waals surface area (Å²) in [7, 11) is 1.91. The molecule has 0 aromatic carbocycles. The number of nitrogens with one attached hydrogen (secondary N) is 1. The molecular weight excluding hydrogens is 306 g/mol. The summed E-state index contributed by atoms with van der Waals surface area (Å²) in [6.07, 6.45) is 6.57. The number of amides is 2. The smallest absolute Gasteiger partial charge is 0.317 e. The highest BCUT2D eigenvalue weighted by atomic mass is 16.5. The lowest BCUT2D eigenvalue weighted by atomic mass is 10.0. The van der Waals surface area contributed by atoms with Crippen LogP contribution in [-0.4, -0.2) is 45.4 Å². The minimum absolute atomic E-state index is 0.0484. The average molecular weight is 329 g/mol. The lowest BCUT2D eigenvalue weighted by Crippen LogP contribution is -2.38. The van der Waals surface area contributed by atoms with Crippen LogP contribution in [-0.2, 0) is 13.6 Å². The second-order valence-corrected chi connectivity index (χ2v) is 5.94. The fraction of sp³-hybridized carbons (Fsp3) is 0.471. The molecule has 0 radical (unpaired) electrons. The van der Waals surface area contributed by atoms with Gasteiger partial charge in [0.15, 0.2) is 0 Å². The number of nitrogens with zero attached hydrogens (tertiary/aromatic N) is 4. The third-order valence-electron chi connectivity index (χ3n) is 4.23. The molecule has 7 nitrogen and oxygen atoms in total. The maximum atomic E-state index is 12.4. The van der Waals surface area contributed by atoms with Gasteiger partial charge in [0.1, 0.15) is 0 Å². The molecule has 1 saturated heterocycles. The number of likely N-dealkylation sites (tertiary alicyclic amines) is 1. The topological polar surface area (TPSA) is 72.3 Å². The van der Waals surface area contributed by atoms with Gasteiger partial charge >= 0.3 is 6.03 Å². The van der Waals surface area contributed by atoms with E-state index in [1.54, 1.807) is 10.9 Å². The van der Waals surface area contributed by atoms with Gasteiger partial charge in [-0.05, 0) is 25.0 Å². The highest BCUT2D eigenvalue weighted by Crippen LogP contribution is 2.26. The molecule has 0 spiro atoms. The van der Waals surface area contributed by atoms with Crippen molar-refractivity contribution in [3.05, 3.63) is 41.9 Å². The predicted octanol–water partition coefficient (Wildman–Crippen LogP) is 1.91. The van der Waals surface area contributed by atoms with Crippen molar-refractivity contribution in [2.45, 2.75) is 25.8 Å². The van der Waals surface area contributed by atoms with Crippen molar-refractivity contribution in [1.29, 1.82) is 0 Å². The van der Waals surface area contributed by atoms with E-state index in [9.17, 15) is 4.79 Å². The number of hydrogen-bond donors (Lipinski definition) is 1. The molecule has 2 aromatic rings. The fourth-order valence-electron chi connectivity index (χ4n) is 2.98. The zero-order valence-corrected chi connectivity index (χ0v) is 14.1. The lowest BCUT2D eigenvalue weighted by molar-refractivity contribution is 0.207. The van der Waals surface area contributed by atoms with E-state index in [2.05, 4.69) is 15.4 Å². The van der Waals surface area contributed by atoms with E-state index < -0.39 is 0 Å². The summed E-state index contributed by atoms with van der Waals surface area (Å²) in [6.45, 7) is 4.37. The number of carbonyl (C=O) groups excluding carboxylic acids is 1. The number of carbonyl (C=O) groups is 1. The maximum Gasteiger partial charge on any atom is 0.317 e. The molecule has 2 amide bonds. The maximum absolute atomic E-state index is 12.4. The van der Waals surface area contributed by atoms with Gasteiger partial charge in [0, 0.05) is 50.6 Å². The molecule has 3 heterocycles. The summed E-state index contributed by atoms with van der Waals surface area (Å²) in [5.74, 6) is 0.941. The van der Waals surface area contributed by atoms with Crippen LogP contribution in [0.15, 0.2) is 30.7 Å². The van der Waals surface area contributed by atoms with Gasteiger partial charge in [-0.15, -0.1) is 0 Å². The standard InChI is InChI=1S/C17H23N5O2/c1-3-24-16-13(5-4-7-18-16)9-19-17(23)22-8-6-14(12-22)15-10-20-21(2)11-15/h4-5,7,10-11,14H,3,6,8-9,12H2,1-2H3,(H,19,23). The Morgan fingerprint density at radius 3 is 3.12 bits per heavy atom. The highest BCUT2D eigenvalue weighted by Gasteiger charge is 2.28. The summed E-state index contributed by atoms with van der Waals surface area (Å²) < 4.78 is 7.29. The van der Waals surface area contributed by atoms with E-state index in [0.29, 0.717) is 24.9 Å². The molecule has 1 N–H and O–H groups in total. The third kappa shape index (κ3) is 3.67. The Labute approximate surface area is 141 Å². The minimum atomic E-state index is -0.0484. The molecule has 1 aliphatic heterocycles. The number of aryl methyl sites for hydroxylation is 1. The van der Waals surface area contributed by atoms with E-state index in [1.807, 2.05) is 43.4 Å². The molecular formula is C17H23N5O2. The van der Waals surface area contributed by atoms with Gasteiger partial charge in [-0.1, -0.05) is 6.07 Å². The van der Waals surface area contributed by atoms with Crippen LogP contribution in [0.4, 0.5) is 4.79 Å². The Hall–Kier alpha value is -2.57. The van der Waals surface area contributed by atoms with E-state index >= 15 is 0 Å². The van der Waals surface area contributed by atoms with Gasteiger partial charge < -0.3 is 15.0 Å². The zero-order valence-electron chi connectivity index (χ0n) is 14.1. The quantitative estimate of drug-likeness (QED) is 0.909. The van der Waals surface area contributed by atoms with Gasteiger partial charge in [-0.3, -0.25) is 4.68 Å². The Balaban J connectivity index is 1.55. The third-order valence-corrected chi connectivity index (χ3v) is 4.23. The minimum Gasteiger partial charge on any atom is -0.478 e. The molecule has 0 aliphatic carbocycles. The molecule has 1 aliphatic rings. The van der Waals surface area contributed by atoms with Crippen LogP contribution in [0.2, 0.25) is 0 Å². The van der Waals surface area contributed by atoms with Crippen molar-refractivity contribution in [1.82, 2.24) is 25.0 Å². The summed E-state index contributed by atoms with van der Waals surface area (Å²) in [6, 6.07) is 3.71.